The van der Waals surface area contributed by atoms with E-state index in [1.807, 2.05) is 24.3 Å². The van der Waals surface area contributed by atoms with Crippen molar-refractivity contribution in [2.75, 3.05) is 6.61 Å². The van der Waals surface area contributed by atoms with Crippen molar-refractivity contribution in [3.63, 3.8) is 0 Å². The Kier molecular flexibility index (Phi) is 4.15. The van der Waals surface area contributed by atoms with Gasteiger partial charge in [0.25, 0.3) is 0 Å². The molecule has 2 heterocycles. The number of fused-ring (bicyclic) bond motifs is 1. The summed E-state index contributed by atoms with van der Waals surface area (Å²) in [5, 5.41) is 28.5. The number of benzene rings is 1. The molecule has 1 atom stereocenters. The number of aromatic hydroxyl groups is 1. The van der Waals surface area contributed by atoms with Crippen LogP contribution in [0.15, 0.2) is 29.3 Å². The number of carboxylic acids is 1. The van der Waals surface area contributed by atoms with Crippen LogP contribution in [0.1, 0.15) is 23.1 Å². The van der Waals surface area contributed by atoms with Crippen LogP contribution in [0.2, 0.25) is 0 Å². The monoisotopic (exact) mass is 328 g/mol. The molecule has 0 fully saturated rings. The number of nitrogens with zero attached hydrogens (tertiary/aromatic N) is 3. The third-order valence-corrected chi connectivity index (χ3v) is 3.67. The van der Waals surface area contributed by atoms with Crippen molar-refractivity contribution in [2.45, 2.75) is 12.6 Å². The van der Waals surface area contributed by atoms with Gasteiger partial charge in [0.05, 0.1) is 18.3 Å². The van der Waals surface area contributed by atoms with E-state index in [9.17, 15) is 15.0 Å². The Morgan fingerprint density at radius 3 is 2.83 bits per heavy atom. The minimum atomic E-state index is -1.15. The van der Waals surface area contributed by atoms with E-state index < -0.39 is 25.2 Å². The number of aromatic nitrogens is 2. The van der Waals surface area contributed by atoms with Gasteiger partial charge in [-0.05, 0) is 12.1 Å². The van der Waals surface area contributed by atoms with Gasteiger partial charge >= 0.3 is 5.97 Å². The molecule has 0 spiro atoms. The third kappa shape index (κ3) is 2.80. The summed E-state index contributed by atoms with van der Waals surface area (Å²) < 4.78 is 1.08. The molecule has 0 radical (unpaired) electrons. The maximum atomic E-state index is 11.0. The van der Waals surface area contributed by atoms with Gasteiger partial charge in [-0.3, -0.25) is 14.4 Å². The normalized spacial score (nSPS) is 15.7. The molecule has 8 nitrogen and oxygen atoms in total. The number of nitrogens with two attached hydrogens (primary N) is 1. The molecule has 24 heavy (non-hydrogen) atoms. The predicted octanol–water partition coefficient (Wildman–Crippen LogP) is 0.922. The average Bonchev–Trinajstić information content (AvgIpc) is 3.10. The minimum absolute atomic E-state index is 0.104. The quantitative estimate of drug-likeness (QED) is 0.645. The summed E-state index contributed by atoms with van der Waals surface area (Å²) in [6, 6.07) is 6.60. The van der Waals surface area contributed by atoms with E-state index in [4.69, 9.17) is 10.8 Å². The standard InChI is InChI=1S/C16H16N4O4/c17-11(8-21)15-19-13(16(24)20(15)7-14(22)23)5-9-6-18-12-4-2-1-3-10(9)12/h1-6,11,21,24H,7-8,17H2,(H,22,23)/b9-5+/t11-/m0/s1. The molecule has 0 saturated carbocycles. The second-order valence-electron chi connectivity index (χ2n) is 5.32. The fourth-order valence-electron chi connectivity index (χ4n) is 2.53. The van der Waals surface area contributed by atoms with E-state index >= 15 is 0 Å². The molecule has 1 aromatic carbocycles. The Hall–Kier alpha value is -2.97. The van der Waals surface area contributed by atoms with Gasteiger partial charge in [0.2, 0.25) is 5.88 Å². The molecule has 8 heteroatoms. The van der Waals surface area contributed by atoms with Crippen LogP contribution in [0.4, 0.5) is 5.69 Å². The largest absolute Gasteiger partial charge is 0.493 e. The topological polar surface area (TPSA) is 134 Å². The molecule has 0 aliphatic carbocycles. The Labute approximate surface area is 137 Å². The summed E-state index contributed by atoms with van der Waals surface area (Å²) in [6.45, 7) is -0.925. The molecular formula is C16H16N4O4. The van der Waals surface area contributed by atoms with Crippen molar-refractivity contribution in [3.8, 4) is 5.88 Å². The van der Waals surface area contributed by atoms with E-state index in [2.05, 4.69) is 9.98 Å². The van der Waals surface area contributed by atoms with E-state index in [0.717, 1.165) is 21.4 Å². The van der Waals surface area contributed by atoms with Gasteiger partial charge in [-0.25, -0.2) is 4.98 Å². The maximum absolute atomic E-state index is 11.0. The lowest BCUT2D eigenvalue weighted by Gasteiger charge is -2.10. The molecule has 1 aromatic heterocycles. The van der Waals surface area contributed by atoms with Crippen LogP contribution in [0.5, 0.6) is 5.88 Å². The van der Waals surface area contributed by atoms with Crippen LogP contribution in [-0.4, -0.2) is 43.7 Å². The van der Waals surface area contributed by atoms with Crippen LogP contribution in [0.25, 0.3) is 11.6 Å². The minimum Gasteiger partial charge on any atom is -0.493 e. The van der Waals surface area contributed by atoms with Crippen LogP contribution in [0, 0.1) is 0 Å². The zero-order chi connectivity index (χ0) is 17.3. The predicted molar refractivity (Wildman–Crippen MR) is 88.0 cm³/mol. The van der Waals surface area contributed by atoms with Gasteiger partial charge in [0, 0.05) is 17.4 Å². The highest BCUT2D eigenvalue weighted by Crippen LogP contribution is 2.34. The summed E-state index contributed by atoms with van der Waals surface area (Å²) >= 11 is 0. The molecule has 0 unspecified atom stereocenters. The Bertz CT molecular complexity index is 854. The first-order chi connectivity index (χ1) is 11.5. The number of rotatable bonds is 5. The van der Waals surface area contributed by atoms with Crippen molar-refractivity contribution >= 4 is 29.5 Å². The lowest BCUT2D eigenvalue weighted by atomic mass is 10.1. The SMILES string of the molecule is N[C@@H](CO)c1nc(/C=C2\C=Nc3ccccc32)c(O)n1CC(=O)O. The number of aliphatic hydroxyl groups excluding tert-OH is 1. The van der Waals surface area contributed by atoms with Crippen LogP contribution < -0.4 is 5.73 Å². The number of allylic oxidation sites excluding steroid dienone is 1. The number of carbonyl (C=O) groups is 1. The molecule has 3 rings (SSSR count). The van der Waals surface area contributed by atoms with E-state index in [-0.39, 0.29) is 17.4 Å². The van der Waals surface area contributed by atoms with Crippen LogP contribution in [0.3, 0.4) is 0 Å². The Morgan fingerprint density at radius 2 is 2.12 bits per heavy atom. The summed E-state index contributed by atoms with van der Waals surface area (Å²) in [4.78, 5) is 19.5. The van der Waals surface area contributed by atoms with Crippen molar-refractivity contribution in [1.82, 2.24) is 9.55 Å². The average molecular weight is 328 g/mol. The number of aliphatic carboxylic acids is 1. The van der Waals surface area contributed by atoms with Gasteiger partial charge in [-0.2, -0.15) is 0 Å². The highest BCUT2D eigenvalue weighted by molar-refractivity contribution is 6.21. The maximum Gasteiger partial charge on any atom is 0.323 e. The van der Waals surface area contributed by atoms with E-state index in [1.165, 1.54) is 0 Å². The molecule has 0 saturated heterocycles. The molecule has 0 bridgehead atoms. The first-order valence-corrected chi connectivity index (χ1v) is 7.24. The Balaban J connectivity index is 2.06. The molecule has 124 valence electrons. The second-order valence-corrected chi connectivity index (χ2v) is 5.32. The molecular weight excluding hydrogens is 312 g/mol. The fraction of sp³-hybridized carbons (Fsp3) is 0.188. The van der Waals surface area contributed by atoms with E-state index in [1.54, 1.807) is 12.3 Å². The Morgan fingerprint density at radius 1 is 1.38 bits per heavy atom. The highest BCUT2D eigenvalue weighted by atomic mass is 16.4. The van der Waals surface area contributed by atoms with Gasteiger partial charge in [0.1, 0.15) is 18.1 Å². The first kappa shape index (κ1) is 15.9. The van der Waals surface area contributed by atoms with E-state index in [0.29, 0.717) is 0 Å². The summed E-state index contributed by atoms with van der Waals surface area (Å²) in [6.07, 6.45) is 3.25. The number of aliphatic hydroxyl groups is 1. The number of para-hydroxylation sites is 1. The first-order valence-electron chi connectivity index (χ1n) is 7.24. The highest BCUT2D eigenvalue weighted by Gasteiger charge is 2.22. The number of carboxylic acid groups (broad SMARTS) is 1. The zero-order valence-electron chi connectivity index (χ0n) is 12.6. The molecule has 1 aliphatic rings. The van der Waals surface area contributed by atoms with Crippen molar-refractivity contribution in [1.29, 1.82) is 0 Å². The van der Waals surface area contributed by atoms with Crippen molar-refractivity contribution in [2.24, 2.45) is 10.7 Å². The van der Waals surface area contributed by atoms with Gasteiger partial charge in [-0.15, -0.1) is 0 Å². The lowest BCUT2D eigenvalue weighted by Crippen LogP contribution is -2.22. The smallest absolute Gasteiger partial charge is 0.323 e. The van der Waals surface area contributed by atoms with Crippen molar-refractivity contribution in [3.05, 3.63) is 41.3 Å². The van der Waals surface area contributed by atoms with Crippen LogP contribution in [-0.2, 0) is 11.3 Å². The summed E-state index contributed by atoms with van der Waals surface area (Å²) in [5.74, 6) is -1.37. The fourth-order valence-corrected chi connectivity index (χ4v) is 2.53. The molecule has 0 amide bonds. The van der Waals surface area contributed by atoms with Crippen LogP contribution >= 0.6 is 0 Å². The molecule has 1 aliphatic heterocycles. The second kappa shape index (κ2) is 6.26. The number of imidazole rings is 1. The molecule has 5 N–H and O–H groups in total. The zero-order valence-corrected chi connectivity index (χ0v) is 12.6. The summed E-state index contributed by atoms with van der Waals surface area (Å²) in [5.41, 5.74) is 8.36. The number of hydrogen-bond acceptors (Lipinski definition) is 6. The number of hydrogen-bond donors (Lipinski definition) is 4. The third-order valence-electron chi connectivity index (χ3n) is 3.67. The number of aliphatic imine (C=N–C) groups is 1. The van der Waals surface area contributed by atoms with Gasteiger partial charge in [0.15, 0.2) is 0 Å². The lowest BCUT2D eigenvalue weighted by molar-refractivity contribution is -0.137. The molecule has 2 aromatic rings. The van der Waals surface area contributed by atoms with Gasteiger partial charge in [-0.1, -0.05) is 18.2 Å². The van der Waals surface area contributed by atoms with Gasteiger partial charge < -0.3 is 21.1 Å². The summed E-state index contributed by atoms with van der Waals surface area (Å²) in [7, 11) is 0. The van der Waals surface area contributed by atoms with Crippen molar-refractivity contribution < 1.29 is 20.1 Å².